The first-order valence-electron chi connectivity index (χ1n) is 5.17. The van der Waals surface area contributed by atoms with Crippen LogP contribution in [0, 0.1) is 0 Å². The molecule has 15 heavy (non-hydrogen) atoms. The predicted octanol–water partition coefficient (Wildman–Crippen LogP) is 2.48. The first kappa shape index (κ1) is 12.4. The van der Waals surface area contributed by atoms with Crippen LogP contribution in [0.4, 0.5) is 0 Å². The molecule has 0 bridgehead atoms. The Morgan fingerprint density at radius 1 is 1.47 bits per heavy atom. The zero-order valence-corrected chi connectivity index (χ0v) is 10.7. The molecule has 0 aliphatic rings. The van der Waals surface area contributed by atoms with Crippen LogP contribution in [-0.4, -0.2) is 25.5 Å². The van der Waals surface area contributed by atoms with E-state index in [9.17, 15) is 0 Å². The van der Waals surface area contributed by atoms with Gasteiger partial charge in [0.1, 0.15) is 0 Å². The molecule has 1 rings (SSSR count). The Hall–Kier alpha value is -0.640. The molecular formula is C12H20N2S. The van der Waals surface area contributed by atoms with Gasteiger partial charge in [0.25, 0.3) is 0 Å². The van der Waals surface area contributed by atoms with Crippen molar-refractivity contribution in [2.45, 2.75) is 20.0 Å². The van der Waals surface area contributed by atoms with E-state index >= 15 is 0 Å². The van der Waals surface area contributed by atoms with Crippen LogP contribution < -0.4 is 5.32 Å². The fourth-order valence-electron chi connectivity index (χ4n) is 1.56. The fraction of sp³-hybridized carbons (Fsp3) is 0.500. The Labute approximate surface area is 96.6 Å². The SMILES string of the molecule is C=C(C)CN(C)Cc1ccc(CNC)s1. The van der Waals surface area contributed by atoms with Crippen molar-refractivity contribution in [3.63, 3.8) is 0 Å². The number of nitrogens with zero attached hydrogens (tertiary/aromatic N) is 1. The summed E-state index contributed by atoms with van der Waals surface area (Å²) in [6.07, 6.45) is 0. The minimum Gasteiger partial charge on any atom is -0.315 e. The van der Waals surface area contributed by atoms with E-state index in [-0.39, 0.29) is 0 Å². The van der Waals surface area contributed by atoms with Gasteiger partial charge in [0.2, 0.25) is 0 Å². The molecule has 1 N–H and O–H groups in total. The van der Waals surface area contributed by atoms with Gasteiger partial charge in [0.05, 0.1) is 0 Å². The molecule has 3 heteroatoms. The molecule has 84 valence electrons. The van der Waals surface area contributed by atoms with E-state index in [4.69, 9.17) is 0 Å². The van der Waals surface area contributed by atoms with Crippen LogP contribution in [0.25, 0.3) is 0 Å². The van der Waals surface area contributed by atoms with Crippen LogP contribution in [0.15, 0.2) is 24.3 Å². The lowest BCUT2D eigenvalue weighted by Crippen LogP contribution is -2.18. The fourth-order valence-corrected chi connectivity index (χ4v) is 2.67. The number of hydrogen-bond acceptors (Lipinski definition) is 3. The van der Waals surface area contributed by atoms with Gasteiger partial charge in [-0.3, -0.25) is 4.90 Å². The Bertz CT molecular complexity index is 317. The van der Waals surface area contributed by atoms with Gasteiger partial charge in [-0.2, -0.15) is 0 Å². The van der Waals surface area contributed by atoms with Gasteiger partial charge < -0.3 is 5.32 Å². The summed E-state index contributed by atoms with van der Waals surface area (Å²) >= 11 is 1.88. The molecule has 1 heterocycles. The van der Waals surface area contributed by atoms with Crippen LogP contribution in [0.3, 0.4) is 0 Å². The first-order chi connectivity index (χ1) is 7.11. The van der Waals surface area contributed by atoms with Crippen molar-refractivity contribution in [2.24, 2.45) is 0 Å². The van der Waals surface area contributed by atoms with E-state index in [2.05, 4.69) is 42.9 Å². The summed E-state index contributed by atoms with van der Waals surface area (Å²) in [4.78, 5) is 5.11. The average molecular weight is 224 g/mol. The molecule has 0 aliphatic heterocycles. The summed E-state index contributed by atoms with van der Waals surface area (Å²) in [5.74, 6) is 0. The van der Waals surface area contributed by atoms with E-state index in [0.717, 1.165) is 19.6 Å². The van der Waals surface area contributed by atoms with Crippen molar-refractivity contribution < 1.29 is 0 Å². The van der Waals surface area contributed by atoms with Crippen molar-refractivity contribution in [3.8, 4) is 0 Å². The Kier molecular flexibility index (Phi) is 5.02. The quantitative estimate of drug-likeness (QED) is 0.747. The van der Waals surface area contributed by atoms with E-state index in [1.165, 1.54) is 15.3 Å². The van der Waals surface area contributed by atoms with Gasteiger partial charge >= 0.3 is 0 Å². The largest absolute Gasteiger partial charge is 0.315 e. The molecule has 0 aromatic carbocycles. The third-order valence-electron chi connectivity index (χ3n) is 2.03. The molecule has 2 nitrogen and oxygen atoms in total. The standard InChI is InChI=1S/C12H20N2S/c1-10(2)8-14(4)9-12-6-5-11(15-12)7-13-3/h5-6,13H,1,7-9H2,2-4H3. The maximum Gasteiger partial charge on any atom is 0.0328 e. The highest BCUT2D eigenvalue weighted by Crippen LogP contribution is 2.17. The number of thiophene rings is 1. The Morgan fingerprint density at radius 3 is 2.73 bits per heavy atom. The van der Waals surface area contributed by atoms with Crippen molar-refractivity contribution in [1.29, 1.82) is 0 Å². The number of likely N-dealkylation sites (N-methyl/N-ethyl adjacent to an activating group) is 1. The maximum absolute atomic E-state index is 3.92. The molecule has 0 unspecified atom stereocenters. The molecule has 1 aromatic rings. The lowest BCUT2D eigenvalue weighted by molar-refractivity contribution is 0.359. The molecule has 0 atom stereocenters. The van der Waals surface area contributed by atoms with E-state index < -0.39 is 0 Å². The molecule has 0 saturated carbocycles. The van der Waals surface area contributed by atoms with Gasteiger partial charge in [0.15, 0.2) is 0 Å². The maximum atomic E-state index is 3.92. The molecule has 0 fully saturated rings. The van der Waals surface area contributed by atoms with Crippen molar-refractivity contribution in [1.82, 2.24) is 10.2 Å². The van der Waals surface area contributed by atoms with Gasteiger partial charge in [-0.1, -0.05) is 12.2 Å². The minimum absolute atomic E-state index is 0.967. The second-order valence-corrected chi connectivity index (χ2v) is 5.28. The smallest absolute Gasteiger partial charge is 0.0328 e. The van der Waals surface area contributed by atoms with Gasteiger partial charge in [-0.25, -0.2) is 0 Å². The summed E-state index contributed by atoms with van der Waals surface area (Å²) in [5, 5.41) is 3.17. The van der Waals surface area contributed by atoms with Gasteiger partial charge in [-0.15, -0.1) is 11.3 Å². The van der Waals surface area contributed by atoms with Gasteiger partial charge in [-0.05, 0) is 33.2 Å². The summed E-state index contributed by atoms with van der Waals surface area (Å²) in [7, 11) is 4.11. The number of nitrogens with one attached hydrogen (secondary N) is 1. The topological polar surface area (TPSA) is 15.3 Å². The highest BCUT2D eigenvalue weighted by atomic mass is 32.1. The lowest BCUT2D eigenvalue weighted by atomic mass is 10.3. The zero-order valence-electron chi connectivity index (χ0n) is 9.84. The first-order valence-corrected chi connectivity index (χ1v) is 5.98. The highest BCUT2D eigenvalue weighted by Gasteiger charge is 2.03. The normalized spacial score (nSPS) is 10.9. The number of hydrogen-bond donors (Lipinski definition) is 1. The number of rotatable bonds is 6. The summed E-state index contributed by atoms with van der Waals surface area (Å²) in [5.41, 5.74) is 1.21. The summed E-state index contributed by atoms with van der Waals surface area (Å²) in [6, 6.07) is 4.41. The van der Waals surface area contributed by atoms with Crippen molar-refractivity contribution >= 4 is 11.3 Å². The highest BCUT2D eigenvalue weighted by molar-refractivity contribution is 7.11. The molecular weight excluding hydrogens is 204 g/mol. The molecule has 0 saturated heterocycles. The predicted molar refractivity (Wildman–Crippen MR) is 68.2 cm³/mol. The molecule has 0 amide bonds. The summed E-state index contributed by atoms with van der Waals surface area (Å²) in [6.45, 7) is 8.94. The molecule has 0 aliphatic carbocycles. The van der Waals surface area contributed by atoms with Gasteiger partial charge in [0, 0.05) is 29.4 Å². The Morgan fingerprint density at radius 2 is 2.13 bits per heavy atom. The van der Waals surface area contributed by atoms with Crippen LogP contribution in [-0.2, 0) is 13.1 Å². The van der Waals surface area contributed by atoms with E-state index in [0.29, 0.717) is 0 Å². The lowest BCUT2D eigenvalue weighted by Gasteiger charge is -2.14. The van der Waals surface area contributed by atoms with E-state index in [1.807, 2.05) is 18.4 Å². The van der Waals surface area contributed by atoms with Crippen LogP contribution in [0.2, 0.25) is 0 Å². The zero-order chi connectivity index (χ0) is 11.3. The van der Waals surface area contributed by atoms with Crippen LogP contribution in [0.1, 0.15) is 16.7 Å². The average Bonchev–Trinajstić information content (AvgIpc) is 2.51. The van der Waals surface area contributed by atoms with Crippen LogP contribution in [0.5, 0.6) is 0 Å². The third kappa shape index (κ3) is 4.60. The third-order valence-corrected chi connectivity index (χ3v) is 3.10. The van der Waals surface area contributed by atoms with Crippen molar-refractivity contribution in [3.05, 3.63) is 34.0 Å². The second kappa shape index (κ2) is 6.05. The molecule has 0 radical (unpaired) electrons. The van der Waals surface area contributed by atoms with Crippen LogP contribution >= 0.6 is 11.3 Å². The molecule has 0 spiro atoms. The molecule has 1 aromatic heterocycles. The minimum atomic E-state index is 0.967. The van der Waals surface area contributed by atoms with Crippen molar-refractivity contribution in [2.75, 3.05) is 20.6 Å². The monoisotopic (exact) mass is 224 g/mol. The Balaban J connectivity index is 2.45. The summed E-state index contributed by atoms with van der Waals surface area (Å²) < 4.78 is 0. The second-order valence-electron chi connectivity index (χ2n) is 4.03. The van der Waals surface area contributed by atoms with E-state index in [1.54, 1.807) is 0 Å².